The van der Waals surface area contributed by atoms with Crippen molar-refractivity contribution in [2.75, 3.05) is 23.1 Å². The van der Waals surface area contributed by atoms with Crippen LogP contribution in [0.4, 0.5) is 28.9 Å². The van der Waals surface area contributed by atoms with Crippen LogP contribution in [0.25, 0.3) is 0 Å². The number of hydrogen-bond acceptors (Lipinski definition) is 4. The van der Waals surface area contributed by atoms with E-state index in [1.807, 2.05) is 0 Å². The van der Waals surface area contributed by atoms with Crippen LogP contribution in [0.5, 0.6) is 0 Å². The fraction of sp³-hybridized carbons (Fsp3) is 0.395. The molecule has 1 aliphatic heterocycles. The van der Waals surface area contributed by atoms with Gasteiger partial charge in [0.1, 0.15) is 5.82 Å². The van der Waals surface area contributed by atoms with Crippen molar-refractivity contribution < 1.29 is 36.6 Å². The van der Waals surface area contributed by atoms with E-state index in [4.69, 9.17) is 0 Å². The number of carbonyl (C=O) groups excluding carboxylic acids is 2. The topological polar surface area (TPSA) is 131 Å². The van der Waals surface area contributed by atoms with Crippen molar-refractivity contribution in [3.8, 4) is 0 Å². The van der Waals surface area contributed by atoms with Crippen molar-refractivity contribution in [2.45, 2.75) is 77.1 Å². The number of amides is 2. The molecule has 4 aromatic rings. The SMILES string of the molecule is Cc1ccc(NC(=O)[C@H]2CCCN(C(=O)c3c(C)cccc3F)[C@H]2c2ccc(N(C3CCCC3)P(=O)(O)NCCc3cnc[nH]3)cc2)cc1C(F)(F)F. The normalized spacial score (nSPS) is 19.2. The van der Waals surface area contributed by atoms with Gasteiger partial charge < -0.3 is 20.1 Å². The lowest BCUT2D eigenvalue weighted by atomic mass is 9.83. The Morgan fingerprint density at radius 3 is 2.42 bits per heavy atom. The molecule has 0 spiro atoms. The Kier molecular flexibility index (Phi) is 11.4. The van der Waals surface area contributed by atoms with E-state index in [-0.39, 0.29) is 35.9 Å². The van der Waals surface area contributed by atoms with Crippen molar-refractivity contribution in [3.05, 3.63) is 113 Å². The number of imidazole rings is 1. The minimum atomic E-state index is -4.62. The molecular weight excluding hydrogens is 711 g/mol. The zero-order valence-electron chi connectivity index (χ0n) is 29.5. The van der Waals surface area contributed by atoms with Crippen LogP contribution in [0.3, 0.4) is 0 Å². The van der Waals surface area contributed by atoms with Crippen molar-refractivity contribution in [2.24, 2.45) is 5.92 Å². The van der Waals surface area contributed by atoms with Gasteiger partial charge in [-0.3, -0.25) is 14.3 Å². The number of benzene rings is 3. The number of aromatic amines is 1. The lowest BCUT2D eigenvalue weighted by Gasteiger charge is -2.41. The smallest absolute Gasteiger partial charge is 0.348 e. The molecule has 15 heteroatoms. The molecule has 4 N–H and O–H groups in total. The van der Waals surface area contributed by atoms with Gasteiger partial charge in [0.15, 0.2) is 0 Å². The molecule has 1 aromatic heterocycles. The number of piperidine rings is 1. The molecule has 2 fully saturated rings. The largest absolute Gasteiger partial charge is 0.416 e. The first-order valence-electron chi connectivity index (χ1n) is 17.7. The van der Waals surface area contributed by atoms with E-state index >= 15 is 4.39 Å². The summed E-state index contributed by atoms with van der Waals surface area (Å²) >= 11 is 0. The molecule has 2 amide bonds. The maximum Gasteiger partial charge on any atom is 0.416 e. The van der Waals surface area contributed by atoms with Crippen LogP contribution in [-0.4, -0.2) is 50.7 Å². The quantitative estimate of drug-likeness (QED) is 0.0900. The van der Waals surface area contributed by atoms with E-state index in [1.165, 1.54) is 40.8 Å². The van der Waals surface area contributed by atoms with Gasteiger partial charge in [-0.2, -0.15) is 13.2 Å². The van der Waals surface area contributed by atoms with E-state index in [0.717, 1.165) is 37.4 Å². The number of rotatable bonds is 11. The number of hydrogen-bond donors (Lipinski definition) is 4. The van der Waals surface area contributed by atoms with Crippen LogP contribution in [0, 0.1) is 25.6 Å². The highest BCUT2D eigenvalue weighted by Gasteiger charge is 2.42. The van der Waals surface area contributed by atoms with Gasteiger partial charge in [-0.25, -0.2) is 19.0 Å². The molecule has 0 bridgehead atoms. The number of nitrogens with one attached hydrogen (secondary N) is 3. The Morgan fingerprint density at radius 1 is 1.02 bits per heavy atom. The third-order valence-corrected chi connectivity index (χ3v) is 12.0. The molecule has 10 nitrogen and oxygen atoms in total. The van der Waals surface area contributed by atoms with E-state index in [0.29, 0.717) is 36.1 Å². The number of halogens is 4. The third kappa shape index (κ3) is 8.50. The summed E-state index contributed by atoms with van der Waals surface area (Å²) in [5.74, 6) is -2.83. The first kappa shape index (κ1) is 38.2. The second-order valence-electron chi connectivity index (χ2n) is 13.8. The van der Waals surface area contributed by atoms with Gasteiger partial charge in [0.05, 0.1) is 29.4 Å². The Balaban J connectivity index is 1.34. The summed E-state index contributed by atoms with van der Waals surface area (Å²) in [5.41, 5.74) is 1.19. The first-order chi connectivity index (χ1) is 25.2. The predicted molar refractivity (Wildman–Crippen MR) is 194 cm³/mol. The van der Waals surface area contributed by atoms with Gasteiger partial charge in [-0.1, -0.05) is 43.2 Å². The molecule has 2 aliphatic rings. The molecule has 1 aliphatic carbocycles. The Labute approximate surface area is 305 Å². The highest BCUT2D eigenvalue weighted by molar-refractivity contribution is 7.57. The van der Waals surface area contributed by atoms with E-state index in [1.54, 1.807) is 49.8 Å². The minimum Gasteiger partial charge on any atom is -0.348 e. The van der Waals surface area contributed by atoms with Crippen LogP contribution in [-0.2, 0) is 22.0 Å². The van der Waals surface area contributed by atoms with Gasteiger partial charge in [-0.05, 0) is 86.6 Å². The van der Waals surface area contributed by atoms with Gasteiger partial charge >= 0.3 is 13.8 Å². The summed E-state index contributed by atoms with van der Waals surface area (Å²) < 4.78 is 71.8. The molecule has 2 heterocycles. The number of H-pyrrole nitrogens is 1. The maximum atomic E-state index is 15.2. The minimum absolute atomic E-state index is 0.00949. The Morgan fingerprint density at radius 2 is 1.75 bits per heavy atom. The van der Waals surface area contributed by atoms with Crippen molar-refractivity contribution >= 4 is 30.9 Å². The second kappa shape index (κ2) is 15.8. The lowest BCUT2D eigenvalue weighted by Crippen LogP contribution is -2.46. The number of alkyl halides is 3. The fourth-order valence-electron chi connectivity index (χ4n) is 7.59. The number of aryl methyl sites for hydroxylation is 2. The molecule has 282 valence electrons. The Hall–Kier alpha value is -4.52. The molecular formula is C38H43F4N6O4P. The van der Waals surface area contributed by atoms with Crippen LogP contribution in [0.1, 0.15) is 82.9 Å². The van der Waals surface area contributed by atoms with E-state index < -0.39 is 49.0 Å². The van der Waals surface area contributed by atoms with Gasteiger partial charge in [0.2, 0.25) is 5.91 Å². The molecule has 1 saturated carbocycles. The van der Waals surface area contributed by atoms with Crippen molar-refractivity contribution in [3.63, 3.8) is 0 Å². The number of aromatic nitrogens is 2. The summed E-state index contributed by atoms with van der Waals surface area (Å²) in [6.07, 6.45) is 2.97. The van der Waals surface area contributed by atoms with Crippen LogP contribution in [0.2, 0.25) is 0 Å². The molecule has 1 unspecified atom stereocenters. The zero-order valence-corrected chi connectivity index (χ0v) is 30.4. The maximum absolute atomic E-state index is 15.2. The van der Waals surface area contributed by atoms with Gasteiger partial charge in [-0.15, -0.1) is 0 Å². The summed E-state index contributed by atoms with van der Waals surface area (Å²) in [5, 5.41) is 5.49. The second-order valence-corrected chi connectivity index (χ2v) is 15.6. The van der Waals surface area contributed by atoms with Gasteiger partial charge in [0, 0.05) is 48.8 Å². The Bertz CT molecular complexity index is 1950. The number of nitrogens with zero attached hydrogens (tertiary/aromatic N) is 3. The highest BCUT2D eigenvalue weighted by atomic mass is 31.2. The standard InChI is InChI=1S/C38H43F4N6O4P/c1-24-12-15-27(21-32(24)38(40,41)42)46-36(49)31-10-6-20-47(37(50)34-25(2)7-5-11-33(34)39)35(31)26-13-16-30(17-14-26)48(29-8-3-4-9-29)53(51,52)45-19-18-28-22-43-23-44-28/h5,7,11-17,21-23,29,31,35H,3-4,6,8-10,18-20H2,1-2H3,(H,43,44)(H,46,49)(H2,45,51,52)/t31-,35-/m0/s1. The zero-order chi connectivity index (χ0) is 37.9. The molecule has 53 heavy (non-hydrogen) atoms. The number of likely N-dealkylation sites (tertiary alicyclic amines) is 1. The number of carbonyl (C=O) groups is 2. The summed E-state index contributed by atoms with van der Waals surface area (Å²) in [6.45, 7) is 3.38. The van der Waals surface area contributed by atoms with E-state index in [2.05, 4.69) is 20.4 Å². The summed E-state index contributed by atoms with van der Waals surface area (Å²) in [7, 11) is -4.11. The number of anilines is 2. The fourth-order valence-corrected chi connectivity index (χ4v) is 9.27. The summed E-state index contributed by atoms with van der Waals surface area (Å²) in [4.78, 5) is 48.0. The first-order valence-corrected chi connectivity index (χ1v) is 19.4. The predicted octanol–water partition coefficient (Wildman–Crippen LogP) is 8.10. The van der Waals surface area contributed by atoms with E-state index in [9.17, 15) is 32.2 Å². The van der Waals surface area contributed by atoms with Crippen molar-refractivity contribution in [1.29, 1.82) is 0 Å². The molecule has 1 saturated heterocycles. The highest BCUT2D eigenvalue weighted by Crippen LogP contribution is 2.49. The average molecular weight is 755 g/mol. The van der Waals surface area contributed by atoms with Crippen LogP contribution >= 0.6 is 7.67 Å². The molecule has 3 aromatic carbocycles. The molecule has 6 rings (SSSR count). The monoisotopic (exact) mass is 754 g/mol. The molecule has 0 radical (unpaired) electrons. The van der Waals surface area contributed by atoms with Crippen LogP contribution < -0.4 is 15.1 Å². The van der Waals surface area contributed by atoms with Crippen molar-refractivity contribution in [1.82, 2.24) is 20.0 Å². The lowest BCUT2D eigenvalue weighted by molar-refractivity contribution is -0.138. The third-order valence-electron chi connectivity index (χ3n) is 10.2. The summed E-state index contributed by atoms with van der Waals surface area (Å²) in [6, 6.07) is 13.5. The molecule has 3 atom stereocenters. The van der Waals surface area contributed by atoms with Crippen LogP contribution in [0.15, 0.2) is 73.2 Å². The average Bonchev–Trinajstić information content (AvgIpc) is 3.84. The van der Waals surface area contributed by atoms with Gasteiger partial charge in [0.25, 0.3) is 5.91 Å².